The molecule has 2 atom stereocenters. The molecule has 2 heterocycles. The topological polar surface area (TPSA) is 36.5 Å². The Labute approximate surface area is 118 Å². The molecule has 0 aromatic rings. The van der Waals surface area contributed by atoms with Gasteiger partial charge in [0.1, 0.15) is 0 Å². The first-order valence-electron chi connectivity index (χ1n) is 7.91. The summed E-state index contributed by atoms with van der Waals surface area (Å²) >= 11 is 0. The summed E-state index contributed by atoms with van der Waals surface area (Å²) in [5.41, 5.74) is 0.253. The van der Waals surface area contributed by atoms with E-state index >= 15 is 0 Å². The van der Waals surface area contributed by atoms with Gasteiger partial charge in [0.2, 0.25) is 0 Å². The minimum atomic E-state index is 0.253. The second kappa shape index (κ2) is 7.02. The smallest absolute Gasteiger partial charge is 0.0613 e. The molecule has 4 nitrogen and oxygen atoms in total. The van der Waals surface area contributed by atoms with Crippen LogP contribution in [-0.2, 0) is 4.74 Å². The standard InChI is InChI=1S/C15H31N3O/c1-4-14-13(5-10-19-14)11-17-12-15(2,3)18-8-6-16-7-9-18/h13-14,16-17H,4-12H2,1-3H3. The van der Waals surface area contributed by atoms with E-state index in [2.05, 4.69) is 36.3 Å². The van der Waals surface area contributed by atoms with Crippen LogP contribution in [0.2, 0.25) is 0 Å². The number of nitrogens with one attached hydrogen (secondary N) is 2. The van der Waals surface area contributed by atoms with Crippen molar-refractivity contribution in [2.75, 3.05) is 45.9 Å². The van der Waals surface area contributed by atoms with E-state index in [-0.39, 0.29) is 5.54 Å². The molecule has 19 heavy (non-hydrogen) atoms. The predicted molar refractivity (Wildman–Crippen MR) is 79.5 cm³/mol. The molecular weight excluding hydrogens is 238 g/mol. The Balaban J connectivity index is 1.71. The lowest BCUT2D eigenvalue weighted by Crippen LogP contribution is -2.57. The van der Waals surface area contributed by atoms with Crippen molar-refractivity contribution in [1.29, 1.82) is 0 Å². The van der Waals surface area contributed by atoms with Gasteiger partial charge in [0.05, 0.1) is 6.10 Å². The zero-order valence-electron chi connectivity index (χ0n) is 12.9. The van der Waals surface area contributed by atoms with E-state index in [1.54, 1.807) is 0 Å². The van der Waals surface area contributed by atoms with Gasteiger partial charge in [-0.05, 0) is 32.6 Å². The first-order valence-corrected chi connectivity index (χ1v) is 7.91. The van der Waals surface area contributed by atoms with Crippen molar-refractivity contribution in [3.8, 4) is 0 Å². The fourth-order valence-electron chi connectivity index (χ4n) is 3.32. The van der Waals surface area contributed by atoms with E-state index in [4.69, 9.17) is 4.74 Å². The molecule has 0 saturated carbocycles. The maximum Gasteiger partial charge on any atom is 0.0613 e. The molecule has 0 bridgehead atoms. The molecule has 0 radical (unpaired) electrons. The molecule has 2 fully saturated rings. The van der Waals surface area contributed by atoms with Crippen molar-refractivity contribution in [3.05, 3.63) is 0 Å². The minimum absolute atomic E-state index is 0.253. The van der Waals surface area contributed by atoms with Gasteiger partial charge in [0.15, 0.2) is 0 Å². The third-order valence-corrected chi connectivity index (χ3v) is 4.69. The maximum absolute atomic E-state index is 5.76. The van der Waals surface area contributed by atoms with E-state index in [0.717, 1.165) is 39.2 Å². The van der Waals surface area contributed by atoms with Crippen molar-refractivity contribution < 1.29 is 4.74 Å². The second-order valence-corrected chi connectivity index (χ2v) is 6.55. The third-order valence-electron chi connectivity index (χ3n) is 4.69. The fourth-order valence-corrected chi connectivity index (χ4v) is 3.32. The Kier molecular flexibility index (Phi) is 5.63. The lowest BCUT2D eigenvalue weighted by molar-refractivity contribution is 0.0812. The van der Waals surface area contributed by atoms with E-state index < -0.39 is 0 Å². The number of hydrogen-bond acceptors (Lipinski definition) is 4. The predicted octanol–water partition coefficient (Wildman–Crippen LogP) is 1.07. The zero-order valence-corrected chi connectivity index (χ0v) is 12.9. The fraction of sp³-hybridized carbons (Fsp3) is 1.00. The van der Waals surface area contributed by atoms with Crippen molar-refractivity contribution in [1.82, 2.24) is 15.5 Å². The normalized spacial score (nSPS) is 29.8. The van der Waals surface area contributed by atoms with Crippen LogP contribution >= 0.6 is 0 Å². The third kappa shape index (κ3) is 4.15. The monoisotopic (exact) mass is 269 g/mol. The van der Waals surface area contributed by atoms with Crippen LogP contribution in [0.5, 0.6) is 0 Å². The van der Waals surface area contributed by atoms with Crippen LogP contribution in [0, 0.1) is 5.92 Å². The Hall–Kier alpha value is -0.160. The highest BCUT2D eigenvalue weighted by Gasteiger charge is 2.29. The van der Waals surface area contributed by atoms with Gasteiger partial charge in [-0.1, -0.05) is 6.92 Å². The van der Waals surface area contributed by atoms with Crippen molar-refractivity contribution in [2.45, 2.75) is 45.3 Å². The molecular formula is C15H31N3O. The zero-order chi connectivity index (χ0) is 13.7. The molecule has 0 aliphatic carbocycles. The van der Waals surface area contributed by atoms with Gasteiger partial charge in [-0.3, -0.25) is 4.90 Å². The number of ether oxygens (including phenoxy) is 1. The largest absolute Gasteiger partial charge is 0.378 e. The minimum Gasteiger partial charge on any atom is -0.378 e. The molecule has 2 rings (SSSR count). The molecule has 2 N–H and O–H groups in total. The molecule has 4 heteroatoms. The summed E-state index contributed by atoms with van der Waals surface area (Å²) in [6.07, 6.45) is 2.85. The second-order valence-electron chi connectivity index (χ2n) is 6.55. The average molecular weight is 269 g/mol. The molecule has 0 aromatic carbocycles. The molecule has 0 amide bonds. The molecule has 0 spiro atoms. The summed E-state index contributed by atoms with van der Waals surface area (Å²) in [5.74, 6) is 0.712. The van der Waals surface area contributed by atoms with Gasteiger partial charge in [-0.15, -0.1) is 0 Å². The molecule has 0 aromatic heterocycles. The van der Waals surface area contributed by atoms with Crippen LogP contribution in [-0.4, -0.2) is 62.4 Å². The number of hydrogen-bond donors (Lipinski definition) is 2. The van der Waals surface area contributed by atoms with Crippen LogP contribution < -0.4 is 10.6 Å². The van der Waals surface area contributed by atoms with E-state index in [1.165, 1.54) is 19.5 Å². The lowest BCUT2D eigenvalue weighted by atomic mass is 9.98. The van der Waals surface area contributed by atoms with Crippen molar-refractivity contribution in [3.63, 3.8) is 0 Å². The quantitative estimate of drug-likeness (QED) is 0.756. The highest BCUT2D eigenvalue weighted by molar-refractivity contribution is 4.87. The van der Waals surface area contributed by atoms with Gasteiger partial charge in [-0.2, -0.15) is 0 Å². The highest BCUT2D eigenvalue weighted by atomic mass is 16.5. The van der Waals surface area contributed by atoms with Gasteiger partial charge < -0.3 is 15.4 Å². The molecule has 2 aliphatic rings. The van der Waals surface area contributed by atoms with Crippen LogP contribution in [0.25, 0.3) is 0 Å². The summed E-state index contributed by atoms with van der Waals surface area (Å²) in [6.45, 7) is 14.6. The summed E-state index contributed by atoms with van der Waals surface area (Å²) in [5, 5.41) is 7.11. The Morgan fingerprint density at radius 1 is 1.32 bits per heavy atom. The first-order chi connectivity index (χ1) is 9.13. The molecule has 2 unspecified atom stereocenters. The number of piperazine rings is 1. The van der Waals surface area contributed by atoms with Gasteiger partial charge in [0.25, 0.3) is 0 Å². The van der Waals surface area contributed by atoms with E-state index in [0.29, 0.717) is 12.0 Å². The van der Waals surface area contributed by atoms with Gasteiger partial charge in [0, 0.05) is 51.4 Å². The Bertz CT molecular complexity index is 264. The SMILES string of the molecule is CCC1OCCC1CNCC(C)(C)N1CCNCC1. The molecule has 2 aliphatic heterocycles. The average Bonchev–Trinajstić information content (AvgIpc) is 2.87. The summed E-state index contributed by atoms with van der Waals surface area (Å²) in [4.78, 5) is 2.60. The lowest BCUT2D eigenvalue weighted by Gasteiger charge is -2.41. The van der Waals surface area contributed by atoms with Crippen LogP contribution in [0.15, 0.2) is 0 Å². The number of nitrogens with zero attached hydrogens (tertiary/aromatic N) is 1. The van der Waals surface area contributed by atoms with Crippen LogP contribution in [0.4, 0.5) is 0 Å². The van der Waals surface area contributed by atoms with E-state index in [1.807, 2.05) is 0 Å². The van der Waals surface area contributed by atoms with Gasteiger partial charge in [-0.25, -0.2) is 0 Å². The summed E-state index contributed by atoms with van der Waals surface area (Å²) < 4.78 is 5.76. The Morgan fingerprint density at radius 3 is 2.74 bits per heavy atom. The van der Waals surface area contributed by atoms with Crippen LogP contribution in [0.1, 0.15) is 33.6 Å². The maximum atomic E-state index is 5.76. The van der Waals surface area contributed by atoms with Crippen molar-refractivity contribution >= 4 is 0 Å². The molecule has 112 valence electrons. The summed E-state index contributed by atoms with van der Waals surface area (Å²) in [6, 6.07) is 0. The van der Waals surface area contributed by atoms with Crippen molar-refractivity contribution in [2.24, 2.45) is 5.92 Å². The molecule has 2 saturated heterocycles. The van der Waals surface area contributed by atoms with E-state index in [9.17, 15) is 0 Å². The van der Waals surface area contributed by atoms with Crippen LogP contribution in [0.3, 0.4) is 0 Å². The number of rotatable bonds is 6. The van der Waals surface area contributed by atoms with Gasteiger partial charge >= 0.3 is 0 Å². The Morgan fingerprint density at radius 2 is 2.05 bits per heavy atom. The summed E-state index contributed by atoms with van der Waals surface area (Å²) in [7, 11) is 0. The first kappa shape index (κ1) is 15.2. The highest BCUT2D eigenvalue weighted by Crippen LogP contribution is 2.23.